The number of thiophene rings is 1. The van der Waals surface area contributed by atoms with Gasteiger partial charge in [0.1, 0.15) is 19.1 Å². The zero-order valence-corrected chi connectivity index (χ0v) is 17.3. The van der Waals surface area contributed by atoms with Crippen LogP contribution in [0.5, 0.6) is 0 Å². The van der Waals surface area contributed by atoms with Gasteiger partial charge in [0.25, 0.3) is 0 Å². The fourth-order valence-electron chi connectivity index (χ4n) is 3.53. The molecule has 0 saturated carbocycles. The van der Waals surface area contributed by atoms with Crippen molar-refractivity contribution in [2.75, 3.05) is 31.6 Å². The van der Waals surface area contributed by atoms with E-state index in [9.17, 15) is 0 Å². The van der Waals surface area contributed by atoms with Crippen molar-refractivity contribution in [1.82, 2.24) is 5.32 Å². The van der Waals surface area contributed by atoms with Crippen LogP contribution in [-0.2, 0) is 4.74 Å². The second kappa shape index (κ2) is 8.95. The molecule has 3 N–H and O–H groups in total. The Bertz CT molecular complexity index is 727. The summed E-state index contributed by atoms with van der Waals surface area (Å²) in [5.41, 5.74) is 3.49. The number of quaternary nitrogens is 1. The Morgan fingerprint density at radius 1 is 1.23 bits per heavy atom. The Morgan fingerprint density at radius 2 is 2.00 bits per heavy atom. The molecule has 2 heterocycles. The third kappa shape index (κ3) is 4.82. The van der Waals surface area contributed by atoms with E-state index < -0.39 is 0 Å². The van der Waals surface area contributed by atoms with Crippen LogP contribution >= 0.6 is 23.6 Å². The van der Waals surface area contributed by atoms with Gasteiger partial charge in [0.15, 0.2) is 5.11 Å². The number of anilines is 1. The molecule has 2 atom stereocenters. The third-order valence-electron chi connectivity index (χ3n) is 4.92. The van der Waals surface area contributed by atoms with Gasteiger partial charge in [0.05, 0.1) is 24.1 Å². The second-order valence-corrected chi connectivity index (χ2v) is 8.36. The summed E-state index contributed by atoms with van der Waals surface area (Å²) in [7, 11) is 0. The van der Waals surface area contributed by atoms with Crippen LogP contribution in [0.15, 0.2) is 35.7 Å². The summed E-state index contributed by atoms with van der Waals surface area (Å²) < 4.78 is 5.56. The van der Waals surface area contributed by atoms with E-state index in [0.717, 1.165) is 32.0 Å². The number of aryl methyl sites for hydroxylation is 2. The minimum atomic E-state index is 0.229. The number of thiocarbonyl (C=S) groups is 1. The van der Waals surface area contributed by atoms with Crippen LogP contribution in [0.2, 0.25) is 0 Å². The monoisotopic (exact) mass is 390 g/mol. The van der Waals surface area contributed by atoms with Crippen molar-refractivity contribution in [2.45, 2.75) is 32.9 Å². The average molecular weight is 391 g/mol. The van der Waals surface area contributed by atoms with Crippen molar-refractivity contribution < 1.29 is 9.64 Å². The molecule has 1 fully saturated rings. The van der Waals surface area contributed by atoms with Crippen LogP contribution in [0.4, 0.5) is 5.69 Å². The first-order valence-electron chi connectivity index (χ1n) is 9.15. The zero-order valence-electron chi connectivity index (χ0n) is 15.7. The lowest BCUT2D eigenvalue weighted by atomic mass is 10.1. The van der Waals surface area contributed by atoms with E-state index in [-0.39, 0.29) is 6.04 Å². The SMILES string of the molecule is Cc1ccc(C)c(NC(=S)N[C@H](C)[C@@H](c2cccs2)[NH+]2CCOCC2)c1. The van der Waals surface area contributed by atoms with E-state index in [1.54, 1.807) is 4.90 Å². The molecule has 6 heteroatoms. The highest BCUT2D eigenvalue weighted by molar-refractivity contribution is 7.80. The first-order valence-corrected chi connectivity index (χ1v) is 10.4. The number of hydrogen-bond donors (Lipinski definition) is 3. The fourth-order valence-corrected chi connectivity index (χ4v) is 4.82. The molecule has 0 amide bonds. The van der Waals surface area contributed by atoms with Crippen LogP contribution < -0.4 is 15.5 Å². The maximum Gasteiger partial charge on any atom is 0.171 e. The zero-order chi connectivity index (χ0) is 18.5. The smallest absolute Gasteiger partial charge is 0.171 e. The number of benzene rings is 1. The molecule has 0 bridgehead atoms. The van der Waals surface area contributed by atoms with Crippen molar-refractivity contribution >= 4 is 34.4 Å². The normalized spacial score (nSPS) is 17.5. The molecule has 2 aromatic rings. The largest absolute Gasteiger partial charge is 0.370 e. The second-order valence-electron chi connectivity index (χ2n) is 6.97. The minimum Gasteiger partial charge on any atom is -0.370 e. The molecule has 1 aliphatic heterocycles. The summed E-state index contributed by atoms with van der Waals surface area (Å²) in [6, 6.07) is 11.3. The van der Waals surface area contributed by atoms with Gasteiger partial charge in [-0.15, -0.1) is 11.3 Å². The number of rotatable bonds is 5. The van der Waals surface area contributed by atoms with Crippen molar-refractivity contribution in [3.05, 3.63) is 51.7 Å². The average Bonchev–Trinajstić information content (AvgIpc) is 3.13. The quantitative estimate of drug-likeness (QED) is 0.687. The fraction of sp³-hybridized carbons (Fsp3) is 0.450. The van der Waals surface area contributed by atoms with E-state index in [0.29, 0.717) is 11.2 Å². The lowest BCUT2D eigenvalue weighted by Gasteiger charge is -2.35. The first kappa shape index (κ1) is 19.3. The molecule has 0 unspecified atom stereocenters. The summed E-state index contributed by atoms with van der Waals surface area (Å²) in [6.07, 6.45) is 0. The molecule has 26 heavy (non-hydrogen) atoms. The highest BCUT2D eigenvalue weighted by Gasteiger charge is 2.32. The molecule has 1 saturated heterocycles. The Morgan fingerprint density at radius 3 is 2.69 bits per heavy atom. The Balaban J connectivity index is 1.69. The van der Waals surface area contributed by atoms with Crippen LogP contribution in [0.3, 0.4) is 0 Å². The van der Waals surface area contributed by atoms with E-state index in [2.05, 4.69) is 67.1 Å². The van der Waals surface area contributed by atoms with Gasteiger partial charge in [0, 0.05) is 5.69 Å². The number of morpholine rings is 1. The molecular weight excluding hydrogens is 362 g/mol. The van der Waals surface area contributed by atoms with Crippen molar-refractivity contribution in [3.8, 4) is 0 Å². The predicted octanol–water partition coefficient (Wildman–Crippen LogP) is 2.70. The first-order chi connectivity index (χ1) is 12.5. The maximum atomic E-state index is 5.61. The van der Waals surface area contributed by atoms with Gasteiger partial charge >= 0.3 is 0 Å². The van der Waals surface area contributed by atoms with Crippen LogP contribution in [0.1, 0.15) is 29.0 Å². The number of nitrogens with one attached hydrogen (secondary N) is 3. The Labute approximate surface area is 165 Å². The molecule has 0 spiro atoms. The van der Waals surface area contributed by atoms with Crippen LogP contribution in [-0.4, -0.2) is 37.5 Å². The van der Waals surface area contributed by atoms with Gasteiger partial charge in [-0.1, -0.05) is 18.2 Å². The lowest BCUT2D eigenvalue weighted by molar-refractivity contribution is -0.939. The molecule has 0 radical (unpaired) electrons. The minimum absolute atomic E-state index is 0.229. The molecule has 1 aromatic heterocycles. The van der Waals surface area contributed by atoms with Gasteiger partial charge in [-0.25, -0.2) is 0 Å². The standard InChI is InChI=1S/C20H27N3OS2/c1-14-6-7-15(2)17(13-14)22-20(25)21-16(3)19(18-5-4-12-26-18)23-8-10-24-11-9-23/h4-7,12-13,16,19H,8-11H2,1-3H3,(H2,21,22,25)/p+1/t16-,19+/m1/s1. The summed E-state index contributed by atoms with van der Waals surface area (Å²) >= 11 is 7.44. The van der Waals surface area contributed by atoms with Crippen molar-refractivity contribution in [1.29, 1.82) is 0 Å². The summed E-state index contributed by atoms with van der Waals surface area (Å²) in [4.78, 5) is 2.96. The van der Waals surface area contributed by atoms with E-state index in [1.165, 1.54) is 16.0 Å². The summed E-state index contributed by atoms with van der Waals surface area (Å²) in [5.74, 6) is 0. The van der Waals surface area contributed by atoms with Gasteiger partial charge in [-0.2, -0.15) is 0 Å². The Kier molecular flexibility index (Phi) is 6.64. The molecule has 1 aliphatic rings. The summed E-state index contributed by atoms with van der Waals surface area (Å²) in [6.45, 7) is 10.1. The van der Waals surface area contributed by atoms with E-state index in [4.69, 9.17) is 17.0 Å². The summed E-state index contributed by atoms with van der Waals surface area (Å²) in [5, 5.41) is 9.74. The highest BCUT2D eigenvalue weighted by Crippen LogP contribution is 2.21. The van der Waals surface area contributed by atoms with Gasteiger partial charge in [-0.05, 0) is 61.6 Å². The third-order valence-corrected chi connectivity index (χ3v) is 6.10. The number of ether oxygens (including phenoxy) is 1. The van der Waals surface area contributed by atoms with E-state index >= 15 is 0 Å². The molecule has 3 rings (SSSR count). The molecule has 4 nitrogen and oxygen atoms in total. The highest BCUT2D eigenvalue weighted by atomic mass is 32.1. The van der Waals surface area contributed by atoms with Crippen molar-refractivity contribution in [2.24, 2.45) is 0 Å². The number of hydrogen-bond acceptors (Lipinski definition) is 3. The molecule has 140 valence electrons. The topological polar surface area (TPSA) is 37.7 Å². The molecular formula is C20H28N3OS2+. The molecule has 1 aromatic carbocycles. The predicted molar refractivity (Wildman–Crippen MR) is 113 cm³/mol. The van der Waals surface area contributed by atoms with Gasteiger partial charge in [0.2, 0.25) is 0 Å². The lowest BCUT2D eigenvalue weighted by Crippen LogP contribution is -3.15. The van der Waals surface area contributed by atoms with Gasteiger partial charge in [-0.3, -0.25) is 0 Å². The van der Waals surface area contributed by atoms with Gasteiger partial charge < -0.3 is 20.3 Å². The molecule has 0 aliphatic carbocycles. The van der Waals surface area contributed by atoms with Crippen LogP contribution in [0.25, 0.3) is 0 Å². The Hall–Kier alpha value is -1.47. The maximum absolute atomic E-state index is 5.61. The van der Waals surface area contributed by atoms with Crippen molar-refractivity contribution in [3.63, 3.8) is 0 Å². The van der Waals surface area contributed by atoms with Crippen LogP contribution in [0, 0.1) is 13.8 Å². The van der Waals surface area contributed by atoms with E-state index in [1.807, 2.05) is 11.3 Å².